The van der Waals surface area contributed by atoms with Crippen molar-refractivity contribution < 1.29 is 18.7 Å². The normalized spacial score (nSPS) is 17.6. The fourth-order valence-electron chi connectivity index (χ4n) is 2.30. The monoisotopic (exact) mass is 304 g/mol. The predicted molar refractivity (Wildman–Crippen MR) is 79.6 cm³/mol. The topological polar surface area (TPSA) is 65.8 Å². The van der Waals surface area contributed by atoms with E-state index in [9.17, 15) is 0 Å². The largest absolute Gasteiger partial charge is 0.497 e. The predicted octanol–water partition coefficient (Wildman–Crippen LogP) is 2.49. The second-order valence-electron chi connectivity index (χ2n) is 5.14. The molecule has 1 aromatic carbocycles. The van der Waals surface area contributed by atoms with Crippen molar-refractivity contribution >= 4 is 0 Å². The molecule has 0 aliphatic carbocycles. The first kappa shape index (κ1) is 14.9. The Bertz CT molecular complexity index is 576. The Morgan fingerprint density at radius 1 is 1.23 bits per heavy atom. The zero-order valence-electron chi connectivity index (χ0n) is 12.6. The first-order valence-electron chi connectivity index (χ1n) is 7.40. The van der Waals surface area contributed by atoms with Crippen molar-refractivity contribution in [3.63, 3.8) is 0 Å². The highest BCUT2D eigenvalue weighted by Crippen LogP contribution is 2.18. The van der Waals surface area contributed by atoms with E-state index in [2.05, 4.69) is 10.5 Å². The zero-order valence-corrected chi connectivity index (χ0v) is 12.6. The molecule has 6 nitrogen and oxygen atoms in total. The number of nitrogens with zero attached hydrogens (tertiary/aromatic N) is 1. The van der Waals surface area contributed by atoms with Gasteiger partial charge in [-0.1, -0.05) is 5.16 Å². The van der Waals surface area contributed by atoms with Gasteiger partial charge in [-0.3, -0.25) is 5.32 Å². The SMILES string of the molecule is COc1ccc(OCc2cc(COC3CCCN3)no2)cc1. The first-order chi connectivity index (χ1) is 10.8. The number of methoxy groups -OCH3 is 1. The summed E-state index contributed by atoms with van der Waals surface area (Å²) in [5, 5.41) is 7.26. The fraction of sp³-hybridized carbons (Fsp3) is 0.438. The molecule has 2 aromatic rings. The smallest absolute Gasteiger partial charge is 0.174 e. The Kier molecular flexibility index (Phi) is 4.92. The van der Waals surface area contributed by atoms with Crippen LogP contribution in [0, 0.1) is 0 Å². The van der Waals surface area contributed by atoms with E-state index in [1.807, 2.05) is 30.3 Å². The lowest BCUT2D eigenvalue weighted by Gasteiger charge is -2.09. The molecular formula is C16H20N2O4. The first-order valence-corrected chi connectivity index (χ1v) is 7.40. The molecular weight excluding hydrogens is 284 g/mol. The number of benzene rings is 1. The molecule has 6 heteroatoms. The zero-order chi connectivity index (χ0) is 15.2. The molecule has 1 saturated heterocycles. The van der Waals surface area contributed by atoms with Crippen LogP contribution in [0.1, 0.15) is 24.3 Å². The average Bonchev–Trinajstić information content (AvgIpc) is 3.23. The second kappa shape index (κ2) is 7.29. The molecule has 1 aliphatic heterocycles. The van der Waals surface area contributed by atoms with Crippen LogP contribution in [-0.4, -0.2) is 25.0 Å². The van der Waals surface area contributed by atoms with Gasteiger partial charge in [0.2, 0.25) is 0 Å². The molecule has 1 aliphatic rings. The van der Waals surface area contributed by atoms with E-state index >= 15 is 0 Å². The fourth-order valence-corrected chi connectivity index (χ4v) is 2.30. The van der Waals surface area contributed by atoms with Crippen molar-refractivity contribution in [2.45, 2.75) is 32.3 Å². The summed E-state index contributed by atoms with van der Waals surface area (Å²) in [5.41, 5.74) is 0.780. The van der Waals surface area contributed by atoms with Crippen molar-refractivity contribution in [3.05, 3.63) is 41.8 Å². The van der Waals surface area contributed by atoms with Gasteiger partial charge in [-0.2, -0.15) is 0 Å². The highest BCUT2D eigenvalue weighted by atomic mass is 16.5. The maximum Gasteiger partial charge on any atom is 0.174 e. The third kappa shape index (κ3) is 3.99. The van der Waals surface area contributed by atoms with Gasteiger partial charge in [-0.25, -0.2) is 0 Å². The van der Waals surface area contributed by atoms with Gasteiger partial charge in [0, 0.05) is 6.07 Å². The van der Waals surface area contributed by atoms with Crippen LogP contribution in [0.15, 0.2) is 34.9 Å². The van der Waals surface area contributed by atoms with Crippen LogP contribution in [0.3, 0.4) is 0 Å². The molecule has 118 valence electrons. The van der Waals surface area contributed by atoms with Crippen LogP contribution in [0.4, 0.5) is 0 Å². The maximum absolute atomic E-state index is 5.70. The number of hydrogen-bond acceptors (Lipinski definition) is 6. The Balaban J connectivity index is 1.46. The van der Waals surface area contributed by atoms with Gasteiger partial charge in [0.25, 0.3) is 0 Å². The molecule has 0 bridgehead atoms. The standard InChI is InChI=1S/C16H20N2O4/c1-19-13-4-6-14(7-5-13)20-11-15-9-12(18-22-15)10-21-16-3-2-8-17-16/h4-7,9,16-17H,2-3,8,10-11H2,1H3. The molecule has 1 atom stereocenters. The molecule has 1 aromatic heterocycles. The third-order valence-electron chi connectivity index (χ3n) is 3.50. The van der Waals surface area contributed by atoms with Crippen LogP contribution in [0.5, 0.6) is 11.5 Å². The Morgan fingerprint density at radius 3 is 2.77 bits per heavy atom. The molecule has 1 unspecified atom stereocenters. The van der Waals surface area contributed by atoms with Gasteiger partial charge >= 0.3 is 0 Å². The van der Waals surface area contributed by atoms with E-state index in [-0.39, 0.29) is 6.23 Å². The molecule has 0 saturated carbocycles. The van der Waals surface area contributed by atoms with Crippen LogP contribution < -0.4 is 14.8 Å². The van der Waals surface area contributed by atoms with Crippen LogP contribution >= 0.6 is 0 Å². The van der Waals surface area contributed by atoms with Crippen molar-refractivity contribution in [2.24, 2.45) is 0 Å². The van der Waals surface area contributed by atoms with E-state index < -0.39 is 0 Å². The molecule has 0 radical (unpaired) electrons. The summed E-state index contributed by atoms with van der Waals surface area (Å²) in [7, 11) is 1.63. The van der Waals surface area contributed by atoms with Gasteiger partial charge in [-0.15, -0.1) is 0 Å². The Morgan fingerprint density at radius 2 is 2.05 bits per heavy atom. The Hall–Kier alpha value is -2.05. The molecule has 2 heterocycles. The maximum atomic E-state index is 5.70. The summed E-state index contributed by atoms with van der Waals surface area (Å²) in [4.78, 5) is 0. The number of rotatable bonds is 7. The minimum atomic E-state index is 0.135. The molecule has 22 heavy (non-hydrogen) atoms. The lowest BCUT2D eigenvalue weighted by atomic mass is 10.3. The molecule has 0 amide bonds. The number of hydrogen-bond donors (Lipinski definition) is 1. The minimum Gasteiger partial charge on any atom is -0.497 e. The second-order valence-corrected chi connectivity index (χ2v) is 5.14. The van der Waals surface area contributed by atoms with Gasteiger partial charge < -0.3 is 18.7 Å². The number of nitrogens with one attached hydrogen (secondary N) is 1. The number of ether oxygens (including phenoxy) is 3. The third-order valence-corrected chi connectivity index (χ3v) is 3.50. The van der Waals surface area contributed by atoms with Crippen LogP contribution in [0.2, 0.25) is 0 Å². The summed E-state index contributed by atoms with van der Waals surface area (Å²) in [6.45, 7) is 1.80. The Labute approximate surface area is 129 Å². The lowest BCUT2D eigenvalue weighted by molar-refractivity contribution is 0.0280. The van der Waals surface area contributed by atoms with Crippen molar-refractivity contribution in [1.82, 2.24) is 10.5 Å². The average molecular weight is 304 g/mol. The highest BCUT2D eigenvalue weighted by molar-refractivity contribution is 5.31. The summed E-state index contributed by atoms with van der Waals surface area (Å²) in [5.74, 6) is 2.23. The molecule has 1 N–H and O–H groups in total. The number of aromatic nitrogens is 1. The highest BCUT2D eigenvalue weighted by Gasteiger charge is 2.15. The van der Waals surface area contributed by atoms with Gasteiger partial charge in [0.15, 0.2) is 5.76 Å². The van der Waals surface area contributed by atoms with Gasteiger partial charge in [0.1, 0.15) is 30.0 Å². The minimum absolute atomic E-state index is 0.135. The summed E-state index contributed by atoms with van der Waals surface area (Å²) in [6, 6.07) is 9.27. The van der Waals surface area contributed by atoms with E-state index in [1.54, 1.807) is 7.11 Å². The quantitative estimate of drug-likeness (QED) is 0.848. The van der Waals surface area contributed by atoms with E-state index in [0.717, 1.165) is 36.6 Å². The van der Waals surface area contributed by atoms with Crippen molar-refractivity contribution in [3.8, 4) is 11.5 Å². The van der Waals surface area contributed by atoms with E-state index in [1.165, 1.54) is 0 Å². The van der Waals surface area contributed by atoms with Gasteiger partial charge in [0.05, 0.1) is 13.7 Å². The van der Waals surface area contributed by atoms with Gasteiger partial charge in [-0.05, 0) is 43.7 Å². The molecule has 3 rings (SSSR count). The van der Waals surface area contributed by atoms with Crippen LogP contribution in [-0.2, 0) is 18.0 Å². The molecule has 0 spiro atoms. The van der Waals surface area contributed by atoms with Crippen molar-refractivity contribution in [2.75, 3.05) is 13.7 Å². The molecule has 1 fully saturated rings. The summed E-state index contributed by atoms with van der Waals surface area (Å²) >= 11 is 0. The summed E-state index contributed by atoms with van der Waals surface area (Å²) < 4.78 is 21.7. The van der Waals surface area contributed by atoms with E-state index in [0.29, 0.717) is 19.0 Å². The van der Waals surface area contributed by atoms with Crippen LogP contribution in [0.25, 0.3) is 0 Å². The lowest BCUT2D eigenvalue weighted by Crippen LogP contribution is -2.24. The van der Waals surface area contributed by atoms with Crippen molar-refractivity contribution in [1.29, 1.82) is 0 Å². The summed E-state index contributed by atoms with van der Waals surface area (Å²) in [6.07, 6.45) is 2.34. The van der Waals surface area contributed by atoms with E-state index in [4.69, 9.17) is 18.7 Å².